The van der Waals surface area contributed by atoms with Gasteiger partial charge in [0.25, 0.3) is 0 Å². The molecule has 0 spiro atoms. The minimum Gasteiger partial charge on any atom is -0.308 e. The highest BCUT2D eigenvalue weighted by Crippen LogP contribution is 2.20. The fourth-order valence-electron chi connectivity index (χ4n) is 2.19. The lowest BCUT2D eigenvalue weighted by molar-refractivity contribution is 0.262. The smallest absolute Gasteiger partial charge is 0.308 e. The molecular formula is C18H16N4O. The van der Waals surface area contributed by atoms with Crippen molar-refractivity contribution in [3.63, 3.8) is 0 Å². The van der Waals surface area contributed by atoms with Crippen LogP contribution in [0.25, 0.3) is 11.3 Å². The van der Waals surface area contributed by atoms with E-state index in [1.807, 2.05) is 67.6 Å². The molecule has 3 aromatic rings. The van der Waals surface area contributed by atoms with Crippen LogP contribution in [0.5, 0.6) is 0 Å². The lowest BCUT2D eigenvalue weighted by atomic mass is 10.1. The first kappa shape index (κ1) is 14.7. The van der Waals surface area contributed by atoms with Crippen molar-refractivity contribution in [2.45, 2.75) is 6.92 Å². The maximum atomic E-state index is 12.0. The van der Waals surface area contributed by atoms with Crippen LogP contribution in [0.1, 0.15) is 5.82 Å². The number of anilines is 2. The average molecular weight is 304 g/mol. The molecule has 0 unspecified atom stereocenters. The van der Waals surface area contributed by atoms with E-state index in [9.17, 15) is 4.79 Å². The first-order valence-electron chi connectivity index (χ1n) is 7.24. The van der Waals surface area contributed by atoms with Gasteiger partial charge in [-0.2, -0.15) is 0 Å². The number of rotatable bonds is 3. The number of urea groups is 1. The SMILES string of the molecule is Cc1nccc(-c2cccc(NC(=O)Nc3ccccc3)c2)n1. The second kappa shape index (κ2) is 6.70. The number of carbonyl (C=O) groups excluding carboxylic acids is 1. The van der Waals surface area contributed by atoms with Gasteiger partial charge in [0.1, 0.15) is 5.82 Å². The molecule has 0 aliphatic heterocycles. The van der Waals surface area contributed by atoms with Gasteiger partial charge in [-0.1, -0.05) is 30.3 Å². The fraction of sp³-hybridized carbons (Fsp3) is 0.0556. The molecule has 0 atom stereocenters. The maximum Gasteiger partial charge on any atom is 0.323 e. The minimum absolute atomic E-state index is 0.285. The highest BCUT2D eigenvalue weighted by molar-refractivity contribution is 6.00. The predicted molar refractivity (Wildman–Crippen MR) is 91.3 cm³/mol. The molecule has 0 saturated carbocycles. The largest absolute Gasteiger partial charge is 0.323 e. The average Bonchev–Trinajstić information content (AvgIpc) is 2.56. The third-order valence-electron chi connectivity index (χ3n) is 3.22. The van der Waals surface area contributed by atoms with Crippen LogP contribution in [0.4, 0.5) is 16.2 Å². The lowest BCUT2D eigenvalue weighted by Gasteiger charge is -2.09. The van der Waals surface area contributed by atoms with E-state index in [2.05, 4.69) is 20.6 Å². The van der Waals surface area contributed by atoms with Crippen molar-refractivity contribution in [3.05, 3.63) is 72.7 Å². The molecule has 2 N–H and O–H groups in total. The third kappa shape index (κ3) is 3.91. The van der Waals surface area contributed by atoms with Crippen molar-refractivity contribution < 1.29 is 4.79 Å². The number of nitrogens with zero attached hydrogens (tertiary/aromatic N) is 2. The summed E-state index contributed by atoms with van der Waals surface area (Å²) in [5.74, 6) is 0.711. The topological polar surface area (TPSA) is 66.9 Å². The first-order valence-corrected chi connectivity index (χ1v) is 7.24. The molecule has 114 valence electrons. The maximum absolute atomic E-state index is 12.0. The van der Waals surface area contributed by atoms with E-state index >= 15 is 0 Å². The van der Waals surface area contributed by atoms with E-state index in [1.54, 1.807) is 6.20 Å². The van der Waals surface area contributed by atoms with Crippen molar-refractivity contribution in [2.75, 3.05) is 10.6 Å². The molecular weight excluding hydrogens is 288 g/mol. The molecule has 3 rings (SSSR count). The van der Waals surface area contributed by atoms with Gasteiger partial charge in [-0.15, -0.1) is 0 Å². The van der Waals surface area contributed by atoms with Gasteiger partial charge in [0.2, 0.25) is 0 Å². The van der Waals surface area contributed by atoms with Gasteiger partial charge in [0.05, 0.1) is 5.69 Å². The summed E-state index contributed by atoms with van der Waals surface area (Å²) in [7, 11) is 0. The summed E-state index contributed by atoms with van der Waals surface area (Å²) in [6, 6.07) is 18.4. The zero-order chi connectivity index (χ0) is 16.1. The summed E-state index contributed by atoms with van der Waals surface area (Å²) in [4.78, 5) is 20.5. The molecule has 0 radical (unpaired) electrons. The first-order chi connectivity index (χ1) is 11.2. The number of benzene rings is 2. The molecule has 2 aromatic carbocycles. The molecule has 0 fully saturated rings. The Bertz CT molecular complexity index is 818. The quantitative estimate of drug-likeness (QED) is 0.765. The van der Waals surface area contributed by atoms with Crippen LogP contribution in [0.2, 0.25) is 0 Å². The van der Waals surface area contributed by atoms with E-state index in [1.165, 1.54) is 0 Å². The normalized spacial score (nSPS) is 10.1. The molecule has 5 nitrogen and oxygen atoms in total. The summed E-state index contributed by atoms with van der Waals surface area (Å²) in [5.41, 5.74) is 3.19. The van der Waals surface area contributed by atoms with Crippen LogP contribution in [-0.4, -0.2) is 16.0 Å². The number of nitrogens with one attached hydrogen (secondary N) is 2. The molecule has 2 amide bonds. The van der Waals surface area contributed by atoms with Gasteiger partial charge in [-0.25, -0.2) is 14.8 Å². The van der Waals surface area contributed by atoms with Gasteiger partial charge in [0, 0.05) is 23.1 Å². The third-order valence-corrected chi connectivity index (χ3v) is 3.22. The standard InChI is InChI=1S/C18H16N4O/c1-13-19-11-10-17(20-13)14-6-5-9-16(12-14)22-18(23)21-15-7-3-2-4-8-15/h2-12H,1H3,(H2,21,22,23). The Morgan fingerprint density at radius 1 is 0.913 bits per heavy atom. The van der Waals surface area contributed by atoms with Crippen molar-refractivity contribution in [3.8, 4) is 11.3 Å². The van der Waals surface area contributed by atoms with Crippen molar-refractivity contribution in [1.82, 2.24) is 9.97 Å². The van der Waals surface area contributed by atoms with E-state index in [0.29, 0.717) is 11.5 Å². The number of aromatic nitrogens is 2. The summed E-state index contributed by atoms with van der Waals surface area (Å²) in [5, 5.41) is 5.60. The number of amides is 2. The molecule has 1 heterocycles. The second-order valence-electron chi connectivity index (χ2n) is 5.02. The van der Waals surface area contributed by atoms with Gasteiger partial charge in [0.15, 0.2) is 0 Å². The number of aryl methyl sites for hydroxylation is 1. The van der Waals surface area contributed by atoms with E-state index in [-0.39, 0.29) is 6.03 Å². The number of carbonyl (C=O) groups is 1. The Kier molecular flexibility index (Phi) is 4.29. The Hall–Kier alpha value is -3.21. The highest BCUT2D eigenvalue weighted by Gasteiger charge is 2.05. The van der Waals surface area contributed by atoms with Crippen molar-refractivity contribution in [2.24, 2.45) is 0 Å². The molecule has 0 bridgehead atoms. The van der Waals surface area contributed by atoms with E-state index in [4.69, 9.17) is 0 Å². The van der Waals surface area contributed by atoms with Crippen LogP contribution in [0.15, 0.2) is 66.9 Å². The van der Waals surface area contributed by atoms with Crippen molar-refractivity contribution >= 4 is 17.4 Å². The summed E-state index contributed by atoms with van der Waals surface area (Å²) >= 11 is 0. The van der Waals surface area contributed by atoms with Crippen LogP contribution < -0.4 is 10.6 Å². The van der Waals surface area contributed by atoms with Crippen LogP contribution >= 0.6 is 0 Å². The van der Waals surface area contributed by atoms with Gasteiger partial charge < -0.3 is 10.6 Å². The van der Waals surface area contributed by atoms with Crippen LogP contribution in [0.3, 0.4) is 0 Å². The molecule has 0 aliphatic rings. The van der Waals surface area contributed by atoms with E-state index < -0.39 is 0 Å². The second-order valence-corrected chi connectivity index (χ2v) is 5.02. The van der Waals surface area contributed by atoms with Gasteiger partial charge in [-0.05, 0) is 37.3 Å². The van der Waals surface area contributed by atoms with Crippen LogP contribution in [0, 0.1) is 6.92 Å². The van der Waals surface area contributed by atoms with Crippen LogP contribution in [-0.2, 0) is 0 Å². The van der Waals surface area contributed by atoms with Gasteiger partial charge in [-0.3, -0.25) is 0 Å². The number of hydrogen-bond acceptors (Lipinski definition) is 3. The Morgan fingerprint density at radius 2 is 1.65 bits per heavy atom. The monoisotopic (exact) mass is 304 g/mol. The Balaban J connectivity index is 1.74. The fourth-order valence-corrected chi connectivity index (χ4v) is 2.19. The summed E-state index contributed by atoms with van der Waals surface area (Å²) in [6.07, 6.45) is 1.72. The number of para-hydroxylation sites is 1. The highest BCUT2D eigenvalue weighted by atomic mass is 16.2. The zero-order valence-electron chi connectivity index (χ0n) is 12.7. The summed E-state index contributed by atoms with van der Waals surface area (Å²) in [6.45, 7) is 1.85. The number of hydrogen-bond donors (Lipinski definition) is 2. The van der Waals surface area contributed by atoms with Crippen molar-refractivity contribution in [1.29, 1.82) is 0 Å². The Labute approximate surface area is 134 Å². The molecule has 0 aliphatic carbocycles. The molecule has 1 aromatic heterocycles. The molecule has 23 heavy (non-hydrogen) atoms. The predicted octanol–water partition coefficient (Wildman–Crippen LogP) is 4.10. The Morgan fingerprint density at radius 3 is 2.43 bits per heavy atom. The van der Waals surface area contributed by atoms with E-state index in [0.717, 1.165) is 16.9 Å². The summed E-state index contributed by atoms with van der Waals surface area (Å²) < 4.78 is 0. The minimum atomic E-state index is -0.285. The molecule has 0 saturated heterocycles. The van der Waals surface area contributed by atoms with Gasteiger partial charge >= 0.3 is 6.03 Å². The lowest BCUT2D eigenvalue weighted by Crippen LogP contribution is -2.19. The molecule has 5 heteroatoms. The zero-order valence-corrected chi connectivity index (χ0v) is 12.7.